The zero-order valence-corrected chi connectivity index (χ0v) is 10.1. The molecule has 0 fully saturated rings. The lowest BCUT2D eigenvalue weighted by atomic mass is 10.1. The summed E-state index contributed by atoms with van der Waals surface area (Å²) >= 11 is 0. The van der Waals surface area contributed by atoms with Crippen LogP contribution in [0, 0.1) is 0 Å². The first kappa shape index (κ1) is 12.7. The second-order valence-corrected chi connectivity index (χ2v) is 4.53. The van der Waals surface area contributed by atoms with Crippen molar-refractivity contribution in [3.63, 3.8) is 0 Å². The molecule has 0 radical (unpaired) electrons. The maximum absolute atomic E-state index is 5.73. The third kappa shape index (κ3) is 5.33. The molecule has 2 nitrogen and oxygen atoms in total. The van der Waals surface area contributed by atoms with E-state index in [1.54, 1.807) is 5.57 Å². The molecular weight excluding hydrogens is 184 g/mol. The van der Waals surface area contributed by atoms with E-state index < -0.39 is 0 Å². The van der Waals surface area contributed by atoms with Crippen molar-refractivity contribution in [3.05, 3.63) is 11.6 Å². The van der Waals surface area contributed by atoms with E-state index in [2.05, 4.69) is 18.3 Å². The first-order valence-corrected chi connectivity index (χ1v) is 6.48. The zero-order chi connectivity index (χ0) is 10.9. The van der Waals surface area contributed by atoms with E-state index in [9.17, 15) is 0 Å². The summed E-state index contributed by atoms with van der Waals surface area (Å²) in [5.41, 5.74) is 7.38. The molecule has 1 unspecified atom stereocenters. The number of nitrogens with one attached hydrogen (secondary N) is 1. The van der Waals surface area contributed by atoms with E-state index in [4.69, 9.17) is 5.73 Å². The molecule has 0 bridgehead atoms. The predicted octanol–water partition coefficient (Wildman–Crippen LogP) is 2.59. The lowest BCUT2D eigenvalue weighted by molar-refractivity contribution is 0.473. The largest absolute Gasteiger partial charge is 0.329 e. The molecule has 0 saturated heterocycles. The average Bonchev–Trinajstić information content (AvgIpc) is 2.76. The third-order valence-electron chi connectivity index (χ3n) is 3.20. The fraction of sp³-hybridized carbons (Fsp3) is 0.846. The minimum absolute atomic E-state index is 0.534. The smallest absolute Gasteiger partial charge is 0.0190 e. The predicted molar refractivity (Wildman–Crippen MR) is 66.9 cm³/mol. The molecule has 0 aliphatic heterocycles. The summed E-state index contributed by atoms with van der Waals surface area (Å²) in [5.74, 6) is 0. The highest BCUT2D eigenvalue weighted by Gasteiger charge is 2.07. The van der Waals surface area contributed by atoms with E-state index >= 15 is 0 Å². The molecular formula is C13H26N2. The van der Waals surface area contributed by atoms with Crippen molar-refractivity contribution >= 4 is 0 Å². The summed E-state index contributed by atoms with van der Waals surface area (Å²) in [7, 11) is 0. The monoisotopic (exact) mass is 210 g/mol. The van der Waals surface area contributed by atoms with Gasteiger partial charge in [0.2, 0.25) is 0 Å². The van der Waals surface area contributed by atoms with Crippen LogP contribution in [-0.2, 0) is 0 Å². The molecule has 0 aromatic carbocycles. The quantitative estimate of drug-likeness (QED) is 0.604. The molecule has 15 heavy (non-hydrogen) atoms. The van der Waals surface area contributed by atoms with Gasteiger partial charge in [0, 0.05) is 12.6 Å². The van der Waals surface area contributed by atoms with E-state index in [1.165, 1.54) is 44.9 Å². The van der Waals surface area contributed by atoms with Gasteiger partial charge in [-0.3, -0.25) is 0 Å². The Bertz CT molecular complexity index is 187. The van der Waals surface area contributed by atoms with Gasteiger partial charge < -0.3 is 11.1 Å². The number of rotatable bonds is 8. The highest BCUT2D eigenvalue weighted by molar-refractivity contribution is 5.07. The first-order chi connectivity index (χ1) is 7.36. The molecule has 0 amide bonds. The van der Waals surface area contributed by atoms with Gasteiger partial charge >= 0.3 is 0 Å². The lowest BCUT2D eigenvalue weighted by Crippen LogP contribution is -2.36. The maximum atomic E-state index is 5.73. The second-order valence-electron chi connectivity index (χ2n) is 4.53. The van der Waals surface area contributed by atoms with E-state index in [0.717, 1.165) is 13.1 Å². The Morgan fingerprint density at radius 1 is 1.53 bits per heavy atom. The molecule has 1 aliphatic carbocycles. The van der Waals surface area contributed by atoms with Crippen molar-refractivity contribution in [2.75, 3.05) is 13.1 Å². The summed E-state index contributed by atoms with van der Waals surface area (Å²) < 4.78 is 0. The van der Waals surface area contributed by atoms with Gasteiger partial charge in [-0.2, -0.15) is 0 Å². The highest BCUT2D eigenvalue weighted by Crippen LogP contribution is 2.19. The molecule has 1 atom stereocenters. The van der Waals surface area contributed by atoms with Gasteiger partial charge in [0.25, 0.3) is 0 Å². The van der Waals surface area contributed by atoms with Gasteiger partial charge in [-0.05, 0) is 38.6 Å². The number of unbranched alkanes of at least 4 members (excludes halogenated alkanes) is 1. The fourth-order valence-electron chi connectivity index (χ4n) is 2.16. The standard InChI is InChI=1S/C13H26N2/c1-2-3-8-13(11-14)15-10-9-12-6-4-5-7-12/h6,13,15H,2-5,7-11,14H2,1H3. The van der Waals surface area contributed by atoms with Crippen LogP contribution in [-0.4, -0.2) is 19.1 Å². The molecule has 0 spiro atoms. The maximum Gasteiger partial charge on any atom is 0.0190 e. The normalized spacial score (nSPS) is 17.9. The van der Waals surface area contributed by atoms with Gasteiger partial charge in [0.05, 0.1) is 0 Å². The summed E-state index contributed by atoms with van der Waals surface area (Å²) in [5, 5.41) is 3.57. The molecule has 1 rings (SSSR count). The number of allylic oxidation sites excluding steroid dienone is 1. The number of nitrogens with two attached hydrogens (primary N) is 1. The SMILES string of the molecule is CCCCC(CN)NCCC1=CCCC1. The first-order valence-electron chi connectivity index (χ1n) is 6.48. The Morgan fingerprint density at radius 3 is 3.00 bits per heavy atom. The van der Waals surface area contributed by atoms with Crippen LogP contribution in [0.25, 0.3) is 0 Å². The Morgan fingerprint density at radius 2 is 2.40 bits per heavy atom. The molecule has 0 heterocycles. The Labute approximate surface area is 94.3 Å². The van der Waals surface area contributed by atoms with Crippen LogP contribution in [0.15, 0.2) is 11.6 Å². The summed E-state index contributed by atoms with van der Waals surface area (Å²) in [6, 6.07) is 0.534. The summed E-state index contributed by atoms with van der Waals surface area (Å²) in [4.78, 5) is 0. The lowest BCUT2D eigenvalue weighted by Gasteiger charge is -2.16. The number of hydrogen-bond acceptors (Lipinski definition) is 2. The van der Waals surface area contributed by atoms with E-state index in [1.807, 2.05) is 0 Å². The van der Waals surface area contributed by atoms with Crippen LogP contribution < -0.4 is 11.1 Å². The van der Waals surface area contributed by atoms with Crippen molar-refractivity contribution in [2.24, 2.45) is 5.73 Å². The van der Waals surface area contributed by atoms with E-state index in [0.29, 0.717) is 6.04 Å². The summed E-state index contributed by atoms with van der Waals surface area (Å²) in [6.07, 6.45) is 11.4. The summed E-state index contributed by atoms with van der Waals surface area (Å²) in [6.45, 7) is 4.12. The van der Waals surface area contributed by atoms with Crippen molar-refractivity contribution in [1.29, 1.82) is 0 Å². The van der Waals surface area contributed by atoms with E-state index in [-0.39, 0.29) is 0 Å². The molecule has 88 valence electrons. The molecule has 1 aliphatic rings. The minimum atomic E-state index is 0.534. The number of hydrogen-bond donors (Lipinski definition) is 2. The second kappa shape index (κ2) is 7.89. The molecule has 0 aromatic rings. The van der Waals surface area contributed by atoms with Gasteiger partial charge in [-0.1, -0.05) is 31.4 Å². The zero-order valence-electron chi connectivity index (χ0n) is 10.1. The Balaban J connectivity index is 2.05. The molecule has 2 heteroatoms. The van der Waals surface area contributed by atoms with Crippen LogP contribution in [0.5, 0.6) is 0 Å². The Hall–Kier alpha value is -0.340. The van der Waals surface area contributed by atoms with Gasteiger partial charge in [-0.15, -0.1) is 0 Å². The van der Waals surface area contributed by atoms with Crippen molar-refractivity contribution in [1.82, 2.24) is 5.32 Å². The van der Waals surface area contributed by atoms with Crippen LogP contribution in [0.1, 0.15) is 51.9 Å². The molecule has 0 aromatic heterocycles. The van der Waals surface area contributed by atoms with Crippen molar-refractivity contribution < 1.29 is 0 Å². The molecule has 0 saturated carbocycles. The van der Waals surface area contributed by atoms with Crippen LogP contribution >= 0.6 is 0 Å². The van der Waals surface area contributed by atoms with Crippen molar-refractivity contribution in [2.45, 2.75) is 57.9 Å². The van der Waals surface area contributed by atoms with Crippen molar-refractivity contribution in [3.8, 4) is 0 Å². The topological polar surface area (TPSA) is 38.0 Å². The van der Waals surface area contributed by atoms with Crippen LogP contribution in [0.2, 0.25) is 0 Å². The molecule has 3 N–H and O–H groups in total. The fourth-order valence-corrected chi connectivity index (χ4v) is 2.16. The van der Waals surface area contributed by atoms with Gasteiger partial charge in [-0.25, -0.2) is 0 Å². The third-order valence-corrected chi connectivity index (χ3v) is 3.20. The highest BCUT2D eigenvalue weighted by atomic mass is 14.9. The van der Waals surface area contributed by atoms with Gasteiger partial charge in [0.15, 0.2) is 0 Å². The van der Waals surface area contributed by atoms with Crippen LogP contribution in [0.3, 0.4) is 0 Å². The van der Waals surface area contributed by atoms with Gasteiger partial charge in [0.1, 0.15) is 0 Å². The van der Waals surface area contributed by atoms with Crippen LogP contribution in [0.4, 0.5) is 0 Å². The average molecular weight is 210 g/mol. The Kier molecular flexibility index (Phi) is 6.69. The minimum Gasteiger partial charge on any atom is -0.329 e.